The number of halogens is 1. The molecule has 0 amide bonds. The van der Waals surface area contributed by atoms with Crippen molar-refractivity contribution in [2.24, 2.45) is 0 Å². The molecule has 0 radical (unpaired) electrons. The van der Waals surface area contributed by atoms with Gasteiger partial charge in [0.15, 0.2) is 5.75 Å². The second kappa shape index (κ2) is 4.40. The number of carbonyl (C=O) groups excluding carboxylic acids is 1. The van der Waals surface area contributed by atoms with Crippen LogP contribution in [-0.4, -0.2) is 11.0 Å². The summed E-state index contributed by atoms with van der Waals surface area (Å²) in [5, 5.41) is 9.73. The minimum absolute atomic E-state index is 0.291. The maximum Gasteiger partial charge on any atom is 0.308 e. The Balaban J connectivity index is 2.71. The van der Waals surface area contributed by atoms with Crippen molar-refractivity contribution < 1.29 is 9.53 Å². The number of fused-ring (bicyclic) bond motifs is 1. The van der Waals surface area contributed by atoms with Crippen molar-refractivity contribution in [3.8, 4) is 11.8 Å². The first-order chi connectivity index (χ1) is 8.13. The van der Waals surface area contributed by atoms with Crippen LogP contribution in [0.15, 0.2) is 24.4 Å². The number of carbonyl (C=O) groups is 1. The van der Waals surface area contributed by atoms with Crippen LogP contribution in [0.1, 0.15) is 12.5 Å². The molecule has 1 heterocycles. The van der Waals surface area contributed by atoms with E-state index >= 15 is 0 Å². The highest BCUT2D eigenvalue weighted by atomic mass is 35.5. The van der Waals surface area contributed by atoms with Crippen LogP contribution in [0.2, 0.25) is 5.02 Å². The molecule has 0 aliphatic carbocycles. The second-order valence-electron chi connectivity index (χ2n) is 3.34. The number of aromatic nitrogens is 1. The number of esters is 1. The summed E-state index contributed by atoms with van der Waals surface area (Å²) in [6, 6.07) is 6.98. The summed E-state index contributed by atoms with van der Waals surface area (Å²) in [6.07, 6.45) is 1.36. The number of ether oxygens (including phenoxy) is 1. The highest BCUT2D eigenvalue weighted by molar-refractivity contribution is 6.36. The summed E-state index contributed by atoms with van der Waals surface area (Å²) < 4.78 is 5.01. The number of rotatable bonds is 1. The molecule has 0 saturated heterocycles. The molecular weight excluding hydrogens is 240 g/mol. The number of hydrogen-bond acceptors (Lipinski definition) is 4. The van der Waals surface area contributed by atoms with Crippen LogP contribution in [0.5, 0.6) is 5.75 Å². The molecule has 0 aliphatic heterocycles. The summed E-state index contributed by atoms with van der Waals surface area (Å²) in [4.78, 5) is 15.0. The van der Waals surface area contributed by atoms with Crippen LogP contribution in [0.4, 0.5) is 0 Å². The average Bonchev–Trinajstić information content (AvgIpc) is 2.30. The van der Waals surface area contributed by atoms with Gasteiger partial charge in [-0.05, 0) is 6.07 Å². The summed E-state index contributed by atoms with van der Waals surface area (Å²) in [5.74, 6) is -0.0961. The summed E-state index contributed by atoms with van der Waals surface area (Å²) in [6.45, 7) is 1.31. The minimum atomic E-state index is -0.431. The Bertz CT molecular complexity index is 647. The van der Waals surface area contributed by atoms with E-state index in [1.807, 2.05) is 6.07 Å². The molecule has 0 spiro atoms. The van der Waals surface area contributed by atoms with E-state index in [1.54, 1.807) is 18.2 Å². The van der Waals surface area contributed by atoms with Crippen molar-refractivity contribution in [2.75, 3.05) is 0 Å². The molecule has 2 aromatic rings. The van der Waals surface area contributed by atoms with Crippen molar-refractivity contribution in [1.82, 2.24) is 4.98 Å². The fraction of sp³-hybridized carbons (Fsp3) is 0.0833. The third-order valence-electron chi connectivity index (χ3n) is 2.17. The average molecular weight is 247 g/mol. The molecule has 0 aliphatic rings. The first kappa shape index (κ1) is 11.4. The van der Waals surface area contributed by atoms with Crippen molar-refractivity contribution in [3.63, 3.8) is 0 Å². The molecule has 0 bridgehead atoms. The van der Waals surface area contributed by atoms with Crippen molar-refractivity contribution in [2.45, 2.75) is 6.92 Å². The Hall–Kier alpha value is -2.12. The number of pyridine rings is 1. The van der Waals surface area contributed by atoms with Gasteiger partial charge in [-0.15, -0.1) is 0 Å². The molecular formula is C12H7ClN2O2. The lowest BCUT2D eigenvalue weighted by Crippen LogP contribution is -2.02. The van der Waals surface area contributed by atoms with E-state index in [9.17, 15) is 4.79 Å². The first-order valence-corrected chi connectivity index (χ1v) is 5.17. The maximum absolute atomic E-state index is 10.9. The molecule has 1 aromatic carbocycles. The van der Waals surface area contributed by atoms with Crippen LogP contribution in [0.25, 0.3) is 10.9 Å². The molecule has 2 rings (SSSR count). The van der Waals surface area contributed by atoms with Crippen LogP contribution in [-0.2, 0) is 4.79 Å². The number of nitrogens with zero attached hydrogens (tertiary/aromatic N) is 2. The molecule has 1 aromatic heterocycles. The van der Waals surface area contributed by atoms with E-state index in [0.29, 0.717) is 27.2 Å². The predicted molar refractivity (Wildman–Crippen MR) is 62.8 cm³/mol. The third kappa shape index (κ3) is 2.05. The van der Waals surface area contributed by atoms with Gasteiger partial charge in [-0.25, -0.2) is 0 Å². The zero-order valence-electron chi connectivity index (χ0n) is 8.90. The van der Waals surface area contributed by atoms with Crippen molar-refractivity contribution >= 4 is 28.5 Å². The Labute approximate surface area is 102 Å². The van der Waals surface area contributed by atoms with Gasteiger partial charge in [0.05, 0.1) is 10.6 Å². The van der Waals surface area contributed by atoms with E-state index in [0.717, 1.165) is 0 Å². The highest BCUT2D eigenvalue weighted by Crippen LogP contribution is 2.30. The molecule has 0 atom stereocenters. The van der Waals surface area contributed by atoms with Gasteiger partial charge >= 0.3 is 5.97 Å². The lowest BCUT2D eigenvalue weighted by atomic mass is 10.1. The third-order valence-corrected chi connectivity index (χ3v) is 2.58. The summed E-state index contributed by atoms with van der Waals surface area (Å²) >= 11 is 6.05. The number of nitriles is 1. The summed E-state index contributed by atoms with van der Waals surface area (Å²) in [7, 11) is 0. The van der Waals surface area contributed by atoms with E-state index in [4.69, 9.17) is 21.6 Å². The molecule has 0 saturated carbocycles. The van der Waals surface area contributed by atoms with E-state index in [-0.39, 0.29) is 0 Å². The molecule has 0 fully saturated rings. The largest absolute Gasteiger partial charge is 0.424 e. The topological polar surface area (TPSA) is 63.0 Å². The Kier molecular flexibility index (Phi) is 2.94. The monoisotopic (exact) mass is 246 g/mol. The molecule has 84 valence electrons. The van der Waals surface area contributed by atoms with E-state index in [2.05, 4.69) is 4.98 Å². The van der Waals surface area contributed by atoms with E-state index in [1.165, 1.54) is 13.1 Å². The van der Waals surface area contributed by atoms with E-state index < -0.39 is 5.97 Å². The summed E-state index contributed by atoms with van der Waals surface area (Å²) in [5.41, 5.74) is 0.755. The molecule has 0 unspecified atom stereocenters. The SMILES string of the molecule is CC(=O)Oc1cccc2c(Cl)c(C#N)cnc12. The Morgan fingerprint density at radius 2 is 2.29 bits per heavy atom. The fourth-order valence-corrected chi connectivity index (χ4v) is 1.72. The smallest absolute Gasteiger partial charge is 0.308 e. The van der Waals surface area contributed by atoms with Crippen LogP contribution < -0.4 is 4.74 Å². The lowest BCUT2D eigenvalue weighted by Gasteiger charge is -2.06. The number of para-hydroxylation sites is 1. The lowest BCUT2D eigenvalue weighted by molar-refractivity contribution is -0.131. The zero-order chi connectivity index (χ0) is 12.4. The fourth-order valence-electron chi connectivity index (χ4n) is 1.48. The standard InChI is InChI=1S/C12H7ClN2O2/c1-7(16)17-10-4-2-3-9-11(13)8(5-14)6-15-12(9)10/h2-4,6H,1H3. The van der Waals surface area contributed by atoms with Gasteiger partial charge in [-0.3, -0.25) is 9.78 Å². The number of hydrogen-bond donors (Lipinski definition) is 0. The first-order valence-electron chi connectivity index (χ1n) is 4.79. The van der Waals surface area contributed by atoms with Gasteiger partial charge in [0.1, 0.15) is 11.6 Å². The van der Waals surface area contributed by atoms with Crippen LogP contribution in [0, 0.1) is 11.3 Å². The quantitative estimate of drug-likeness (QED) is 0.573. The van der Waals surface area contributed by atoms with Gasteiger partial charge < -0.3 is 4.74 Å². The van der Waals surface area contributed by atoms with Gasteiger partial charge in [0.25, 0.3) is 0 Å². The normalized spacial score (nSPS) is 9.94. The van der Waals surface area contributed by atoms with Crippen molar-refractivity contribution in [1.29, 1.82) is 5.26 Å². The Morgan fingerprint density at radius 1 is 1.53 bits per heavy atom. The van der Waals surface area contributed by atoms with Gasteiger partial charge in [0.2, 0.25) is 0 Å². The minimum Gasteiger partial charge on any atom is -0.424 e. The van der Waals surface area contributed by atoms with Gasteiger partial charge in [-0.1, -0.05) is 23.7 Å². The molecule has 4 nitrogen and oxygen atoms in total. The highest BCUT2D eigenvalue weighted by Gasteiger charge is 2.11. The predicted octanol–water partition coefficient (Wildman–Crippen LogP) is 2.69. The number of benzene rings is 1. The van der Waals surface area contributed by atoms with Gasteiger partial charge in [-0.2, -0.15) is 5.26 Å². The molecule has 5 heteroatoms. The second-order valence-corrected chi connectivity index (χ2v) is 3.72. The van der Waals surface area contributed by atoms with Gasteiger partial charge in [0, 0.05) is 18.5 Å². The maximum atomic E-state index is 10.9. The molecule has 0 N–H and O–H groups in total. The zero-order valence-corrected chi connectivity index (χ0v) is 9.65. The van der Waals surface area contributed by atoms with Crippen molar-refractivity contribution in [3.05, 3.63) is 35.0 Å². The molecule has 17 heavy (non-hydrogen) atoms. The Morgan fingerprint density at radius 3 is 2.94 bits per heavy atom. The van der Waals surface area contributed by atoms with Crippen LogP contribution in [0.3, 0.4) is 0 Å². The van der Waals surface area contributed by atoms with Crippen LogP contribution >= 0.6 is 11.6 Å².